The number of carbonyl (C=O) groups is 1. The molecule has 104 valence electrons. The Kier molecular flexibility index (Phi) is 4.97. The largest absolute Gasteiger partial charge is 0.391 e. The molecule has 5 heteroatoms. The lowest BCUT2D eigenvalue weighted by Gasteiger charge is -2.36. The van der Waals surface area contributed by atoms with Gasteiger partial charge >= 0.3 is 0 Å². The zero-order valence-electron chi connectivity index (χ0n) is 11.1. The van der Waals surface area contributed by atoms with Crippen molar-refractivity contribution in [1.29, 1.82) is 0 Å². The molecule has 0 radical (unpaired) electrons. The van der Waals surface area contributed by atoms with Crippen molar-refractivity contribution in [3.8, 4) is 0 Å². The summed E-state index contributed by atoms with van der Waals surface area (Å²) < 4.78 is 5.54. The quantitative estimate of drug-likeness (QED) is 0.753. The van der Waals surface area contributed by atoms with E-state index in [-0.39, 0.29) is 24.2 Å². The number of aliphatic hydroxyl groups excluding tert-OH is 1. The molecule has 0 aromatic rings. The number of carbonyl (C=O) groups excluding carboxylic acids is 1. The number of nitrogens with zero attached hydrogens (tertiary/aromatic N) is 1. The van der Waals surface area contributed by atoms with Crippen LogP contribution in [0.5, 0.6) is 0 Å². The lowest BCUT2D eigenvalue weighted by Crippen LogP contribution is -2.48. The number of morpholine rings is 1. The van der Waals surface area contributed by atoms with Crippen molar-refractivity contribution in [3.05, 3.63) is 0 Å². The van der Waals surface area contributed by atoms with Crippen LogP contribution in [0, 0.1) is 0 Å². The minimum Gasteiger partial charge on any atom is -0.391 e. The van der Waals surface area contributed by atoms with E-state index in [1.165, 1.54) is 0 Å². The summed E-state index contributed by atoms with van der Waals surface area (Å²) in [6.45, 7) is 2.28. The van der Waals surface area contributed by atoms with Gasteiger partial charge in [0.15, 0.2) is 0 Å². The normalized spacial score (nSPS) is 33.1. The van der Waals surface area contributed by atoms with Gasteiger partial charge in [0.2, 0.25) is 5.91 Å². The average molecular weight is 256 g/mol. The Morgan fingerprint density at radius 2 is 2.22 bits per heavy atom. The second-order valence-corrected chi connectivity index (χ2v) is 5.32. The molecule has 0 aromatic heterocycles. The van der Waals surface area contributed by atoms with Crippen LogP contribution in [0.4, 0.5) is 0 Å². The number of hydrogen-bond donors (Lipinski definition) is 2. The summed E-state index contributed by atoms with van der Waals surface area (Å²) in [5, 5.41) is 13.2. The minimum atomic E-state index is -0.363. The third-order valence-electron chi connectivity index (χ3n) is 3.99. The second-order valence-electron chi connectivity index (χ2n) is 5.32. The molecule has 0 bridgehead atoms. The van der Waals surface area contributed by atoms with Gasteiger partial charge in [-0.15, -0.1) is 0 Å². The first kappa shape index (κ1) is 13.8. The summed E-state index contributed by atoms with van der Waals surface area (Å²) in [6, 6.07) is -0.0113. The van der Waals surface area contributed by atoms with Crippen molar-refractivity contribution in [3.63, 3.8) is 0 Å². The molecule has 2 rings (SSSR count). The molecule has 1 saturated carbocycles. The molecule has 5 nitrogen and oxygen atoms in total. The summed E-state index contributed by atoms with van der Waals surface area (Å²) in [7, 11) is 1.80. The lowest BCUT2D eigenvalue weighted by atomic mass is 9.91. The number of nitrogens with one attached hydrogen (secondary N) is 1. The molecule has 1 saturated heterocycles. The molecule has 3 atom stereocenters. The van der Waals surface area contributed by atoms with E-state index in [0.717, 1.165) is 38.8 Å². The summed E-state index contributed by atoms with van der Waals surface area (Å²) >= 11 is 0. The Bertz CT molecular complexity index is 279. The van der Waals surface area contributed by atoms with Crippen molar-refractivity contribution in [1.82, 2.24) is 10.2 Å². The van der Waals surface area contributed by atoms with Crippen LogP contribution in [0.15, 0.2) is 0 Å². The van der Waals surface area contributed by atoms with Crippen LogP contribution >= 0.6 is 0 Å². The van der Waals surface area contributed by atoms with Gasteiger partial charge in [-0.3, -0.25) is 4.79 Å². The molecule has 2 N–H and O–H groups in total. The highest BCUT2D eigenvalue weighted by Crippen LogP contribution is 2.23. The Morgan fingerprint density at radius 3 is 2.89 bits per heavy atom. The van der Waals surface area contributed by atoms with Crippen LogP contribution in [-0.2, 0) is 9.53 Å². The van der Waals surface area contributed by atoms with Gasteiger partial charge < -0.3 is 20.1 Å². The van der Waals surface area contributed by atoms with Crippen LogP contribution in [0.1, 0.15) is 32.1 Å². The molecule has 18 heavy (non-hydrogen) atoms. The molecule has 1 amide bonds. The SMILES string of the molecule is CN(C(=O)CC1CNCCO1)C1CCCCC1O. The maximum atomic E-state index is 12.2. The molecular formula is C13H24N2O3. The number of ether oxygens (including phenoxy) is 1. The molecular weight excluding hydrogens is 232 g/mol. The van der Waals surface area contributed by atoms with Gasteiger partial charge in [-0.05, 0) is 12.8 Å². The van der Waals surface area contributed by atoms with E-state index in [1.807, 2.05) is 0 Å². The molecule has 0 aromatic carbocycles. The maximum absolute atomic E-state index is 12.2. The fraction of sp³-hybridized carbons (Fsp3) is 0.923. The van der Waals surface area contributed by atoms with Crippen LogP contribution in [0.25, 0.3) is 0 Å². The molecule has 3 unspecified atom stereocenters. The van der Waals surface area contributed by atoms with Gasteiger partial charge in [0.25, 0.3) is 0 Å². The first-order valence-corrected chi connectivity index (χ1v) is 6.94. The Balaban J connectivity index is 1.83. The van der Waals surface area contributed by atoms with Crippen LogP contribution in [-0.4, -0.2) is 60.9 Å². The van der Waals surface area contributed by atoms with E-state index in [0.29, 0.717) is 13.0 Å². The fourth-order valence-corrected chi connectivity index (χ4v) is 2.82. The standard InChI is InChI=1S/C13H24N2O3/c1-15(11-4-2-3-5-12(11)16)13(17)8-10-9-14-6-7-18-10/h10-12,14,16H,2-9H2,1H3. The Labute approximate surface area is 108 Å². The fourth-order valence-electron chi connectivity index (χ4n) is 2.82. The summed E-state index contributed by atoms with van der Waals surface area (Å²) in [6.07, 6.45) is 3.91. The Hall–Kier alpha value is -0.650. The van der Waals surface area contributed by atoms with Crippen molar-refractivity contribution in [2.45, 2.75) is 50.4 Å². The first-order valence-electron chi connectivity index (χ1n) is 6.94. The van der Waals surface area contributed by atoms with Gasteiger partial charge in [0, 0.05) is 20.1 Å². The predicted molar refractivity (Wildman–Crippen MR) is 68.3 cm³/mol. The highest BCUT2D eigenvalue weighted by Gasteiger charge is 2.30. The number of rotatable bonds is 3. The second kappa shape index (κ2) is 6.50. The molecule has 1 aliphatic heterocycles. The number of likely N-dealkylation sites (N-methyl/N-ethyl adjacent to an activating group) is 1. The number of amides is 1. The number of hydrogen-bond acceptors (Lipinski definition) is 4. The van der Waals surface area contributed by atoms with Crippen LogP contribution < -0.4 is 5.32 Å². The van der Waals surface area contributed by atoms with E-state index in [9.17, 15) is 9.90 Å². The highest BCUT2D eigenvalue weighted by atomic mass is 16.5. The molecule has 2 fully saturated rings. The molecule has 1 aliphatic carbocycles. The van der Waals surface area contributed by atoms with E-state index in [1.54, 1.807) is 11.9 Å². The van der Waals surface area contributed by atoms with Gasteiger partial charge in [-0.1, -0.05) is 12.8 Å². The maximum Gasteiger partial charge on any atom is 0.225 e. The number of aliphatic hydroxyl groups is 1. The zero-order chi connectivity index (χ0) is 13.0. The monoisotopic (exact) mass is 256 g/mol. The summed E-state index contributed by atoms with van der Waals surface area (Å²) in [4.78, 5) is 13.9. The smallest absolute Gasteiger partial charge is 0.225 e. The van der Waals surface area contributed by atoms with E-state index < -0.39 is 0 Å². The van der Waals surface area contributed by atoms with Gasteiger partial charge in [0.1, 0.15) is 0 Å². The Morgan fingerprint density at radius 1 is 1.44 bits per heavy atom. The van der Waals surface area contributed by atoms with Crippen LogP contribution in [0.3, 0.4) is 0 Å². The van der Waals surface area contributed by atoms with Crippen molar-refractivity contribution >= 4 is 5.91 Å². The first-order chi connectivity index (χ1) is 8.68. The van der Waals surface area contributed by atoms with E-state index >= 15 is 0 Å². The highest BCUT2D eigenvalue weighted by molar-refractivity contribution is 5.76. The average Bonchev–Trinajstić information content (AvgIpc) is 2.39. The summed E-state index contributed by atoms with van der Waals surface area (Å²) in [5.74, 6) is 0.0784. The van der Waals surface area contributed by atoms with Crippen LogP contribution in [0.2, 0.25) is 0 Å². The minimum absolute atomic E-state index is 0.0113. The molecule has 0 spiro atoms. The van der Waals surface area contributed by atoms with E-state index in [2.05, 4.69) is 5.32 Å². The van der Waals surface area contributed by atoms with Gasteiger partial charge in [-0.2, -0.15) is 0 Å². The topological polar surface area (TPSA) is 61.8 Å². The lowest BCUT2D eigenvalue weighted by molar-refractivity contribution is -0.138. The third kappa shape index (κ3) is 3.43. The predicted octanol–water partition coefficient (Wildman–Crippen LogP) is 0.127. The zero-order valence-corrected chi connectivity index (χ0v) is 11.1. The summed E-state index contributed by atoms with van der Waals surface area (Å²) in [5.41, 5.74) is 0. The molecule has 1 heterocycles. The molecule has 2 aliphatic rings. The van der Waals surface area contributed by atoms with Gasteiger partial charge in [0.05, 0.1) is 31.3 Å². The third-order valence-corrected chi connectivity index (χ3v) is 3.99. The van der Waals surface area contributed by atoms with Gasteiger partial charge in [-0.25, -0.2) is 0 Å². The van der Waals surface area contributed by atoms with Crippen molar-refractivity contribution < 1.29 is 14.6 Å². The van der Waals surface area contributed by atoms with E-state index in [4.69, 9.17) is 4.74 Å². The van der Waals surface area contributed by atoms with Crippen molar-refractivity contribution in [2.75, 3.05) is 26.7 Å². The van der Waals surface area contributed by atoms with Crippen molar-refractivity contribution in [2.24, 2.45) is 0 Å².